The van der Waals surface area contributed by atoms with Crippen molar-refractivity contribution in [1.29, 1.82) is 0 Å². The number of hydrogen-bond acceptors (Lipinski definition) is 3. The number of carbonyl (C=O) groups is 1. The summed E-state index contributed by atoms with van der Waals surface area (Å²) in [4.78, 5) is 8.33. The van der Waals surface area contributed by atoms with Crippen LogP contribution in [0.15, 0.2) is 0 Å². The molecule has 0 saturated carbocycles. The fraction of sp³-hybridized carbons (Fsp3) is 0. The van der Waals surface area contributed by atoms with E-state index in [4.69, 9.17) is 15.0 Å². The zero-order valence-electron chi connectivity index (χ0n) is 3.33. The predicted octanol–water partition coefficient (Wildman–Crippen LogP) is -3.21. The Balaban J connectivity index is -0.0000000150. The third-order valence-corrected chi connectivity index (χ3v) is 0. The Morgan fingerprint density at radius 2 is 1.29 bits per heavy atom. The predicted molar refractivity (Wildman–Crippen MR) is 16.9 cm³/mol. The fourth-order valence-electron chi connectivity index (χ4n) is 0. The van der Waals surface area contributed by atoms with Crippen molar-refractivity contribution < 1.29 is 31.5 Å². The molecule has 7 heavy (non-hydrogen) atoms. The Kier molecular flexibility index (Phi) is 54.8. The SMILES string of the molecule is O=C([O-])[O-].[Al+3].[Mg+2].[Ni+2]. The number of hydrogen-bond donors (Lipinski definition) is 0. The van der Waals surface area contributed by atoms with Gasteiger partial charge in [-0.3, -0.25) is 0 Å². The molecule has 0 unspecified atom stereocenters. The second kappa shape index (κ2) is 15.7. The van der Waals surface area contributed by atoms with Gasteiger partial charge in [0.2, 0.25) is 0 Å². The molecule has 0 fully saturated rings. The monoisotopic (exact) mass is 169 g/mol. The Morgan fingerprint density at radius 3 is 1.29 bits per heavy atom. The molecule has 0 spiro atoms. The van der Waals surface area contributed by atoms with Gasteiger partial charge in [0.05, 0.1) is 0 Å². The Hall–Kier alpha value is 1.06. The molecular weight excluding hydrogens is 170 g/mol. The van der Waals surface area contributed by atoms with Crippen molar-refractivity contribution in [1.82, 2.24) is 0 Å². The van der Waals surface area contributed by atoms with E-state index in [-0.39, 0.29) is 56.9 Å². The third kappa shape index (κ3) is 160. The van der Waals surface area contributed by atoms with Crippen LogP contribution in [0.1, 0.15) is 0 Å². The molecule has 0 aliphatic heterocycles. The molecule has 0 aromatic carbocycles. The minimum Gasteiger partial charge on any atom is -0.652 e. The van der Waals surface area contributed by atoms with Crippen LogP contribution in [0.3, 0.4) is 0 Å². The van der Waals surface area contributed by atoms with Gasteiger partial charge in [0.25, 0.3) is 0 Å². The standard InChI is InChI=1S/CH2O3.Al.Mg.Ni/c2-1(3)4;;;/h(H2,2,3,4);;;/q;+3;2*+2/p-2. The van der Waals surface area contributed by atoms with E-state index in [0.717, 1.165) is 0 Å². The summed E-state index contributed by atoms with van der Waals surface area (Å²) >= 11 is 0. The summed E-state index contributed by atoms with van der Waals surface area (Å²) in [6, 6.07) is 0. The maximum Gasteiger partial charge on any atom is 3.00 e. The normalized spacial score (nSPS) is 3.43. The topological polar surface area (TPSA) is 63.2 Å². The van der Waals surface area contributed by atoms with Crippen molar-refractivity contribution in [2.45, 2.75) is 0 Å². The van der Waals surface area contributed by atoms with Crippen molar-refractivity contribution >= 4 is 46.6 Å². The summed E-state index contributed by atoms with van der Waals surface area (Å²) in [5.41, 5.74) is 0. The molecular formula is CAlMgNiO3+5. The van der Waals surface area contributed by atoms with Gasteiger partial charge in [0.15, 0.2) is 0 Å². The summed E-state index contributed by atoms with van der Waals surface area (Å²) in [6.07, 6.45) is -2.33. The Morgan fingerprint density at radius 1 is 1.29 bits per heavy atom. The average Bonchev–Trinajstić information content (AvgIpc) is 0.811. The maximum absolute atomic E-state index is 8.33. The molecule has 0 rings (SSSR count). The van der Waals surface area contributed by atoms with Gasteiger partial charge in [-0.1, -0.05) is 0 Å². The van der Waals surface area contributed by atoms with E-state index in [1.165, 1.54) is 0 Å². The van der Waals surface area contributed by atoms with Gasteiger partial charge in [-0.15, -0.1) is 0 Å². The molecule has 0 heterocycles. The van der Waals surface area contributed by atoms with E-state index >= 15 is 0 Å². The quantitative estimate of drug-likeness (QED) is 0.359. The minimum absolute atomic E-state index is 0. The van der Waals surface area contributed by atoms with E-state index in [0.29, 0.717) is 0 Å². The van der Waals surface area contributed by atoms with Crippen molar-refractivity contribution in [2.24, 2.45) is 0 Å². The fourth-order valence-corrected chi connectivity index (χ4v) is 0. The number of rotatable bonds is 0. The van der Waals surface area contributed by atoms with Crippen LogP contribution in [0, 0.1) is 0 Å². The van der Waals surface area contributed by atoms with Crippen LogP contribution < -0.4 is 10.2 Å². The summed E-state index contributed by atoms with van der Waals surface area (Å²) < 4.78 is 0. The second-order valence-corrected chi connectivity index (χ2v) is 0.250. The largest absolute Gasteiger partial charge is 3.00 e. The van der Waals surface area contributed by atoms with E-state index in [9.17, 15) is 0 Å². The Bertz CT molecular complexity index is 37.9. The second-order valence-electron chi connectivity index (χ2n) is 0.250. The van der Waals surface area contributed by atoms with Crippen molar-refractivity contribution in [2.75, 3.05) is 0 Å². The third-order valence-electron chi connectivity index (χ3n) is 0. The van der Waals surface area contributed by atoms with Crippen LogP contribution in [0.4, 0.5) is 4.79 Å². The van der Waals surface area contributed by atoms with E-state index in [1.807, 2.05) is 0 Å². The van der Waals surface area contributed by atoms with E-state index in [1.54, 1.807) is 0 Å². The molecule has 0 aliphatic rings. The van der Waals surface area contributed by atoms with Crippen LogP contribution in [-0.2, 0) is 16.5 Å². The van der Waals surface area contributed by atoms with Crippen molar-refractivity contribution in [3.63, 3.8) is 0 Å². The zero-order valence-corrected chi connectivity index (χ0v) is 6.88. The molecule has 3 nitrogen and oxygen atoms in total. The molecule has 0 amide bonds. The first-order chi connectivity index (χ1) is 1.73. The minimum atomic E-state index is -2.33. The van der Waals surface area contributed by atoms with Gasteiger partial charge >= 0.3 is 56.9 Å². The molecule has 0 N–H and O–H groups in total. The molecule has 0 bridgehead atoms. The van der Waals surface area contributed by atoms with Gasteiger partial charge in [-0.25, -0.2) is 0 Å². The van der Waals surface area contributed by atoms with E-state index < -0.39 is 6.16 Å². The molecule has 6 heteroatoms. The van der Waals surface area contributed by atoms with Crippen molar-refractivity contribution in [3.8, 4) is 0 Å². The summed E-state index contributed by atoms with van der Waals surface area (Å²) in [5, 5.41) is 16.7. The van der Waals surface area contributed by atoms with E-state index in [2.05, 4.69) is 0 Å². The first-order valence-electron chi connectivity index (χ1n) is 0.612. The number of carboxylic acid groups (broad SMARTS) is 2. The molecule has 0 aromatic heterocycles. The summed E-state index contributed by atoms with van der Waals surface area (Å²) in [6.45, 7) is 0. The van der Waals surface area contributed by atoms with Crippen LogP contribution in [-0.4, -0.2) is 46.6 Å². The summed E-state index contributed by atoms with van der Waals surface area (Å²) in [7, 11) is 0. The van der Waals surface area contributed by atoms with Gasteiger partial charge in [0.1, 0.15) is 0 Å². The molecule has 0 radical (unpaired) electrons. The first kappa shape index (κ1) is 24.4. The molecule has 0 aromatic rings. The van der Waals surface area contributed by atoms with Crippen LogP contribution in [0.2, 0.25) is 0 Å². The molecule has 0 saturated heterocycles. The van der Waals surface area contributed by atoms with Gasteiger partial charge in [-0.05, 0) is 6.16 Å². The van der Waals surface area contributed by atoms with Gasteiger partial charge < -0.3 is 15.0 Å². The Labute approximate surface area is 77.7 Å². The summed E-state index contributed by atoms with van der Waals surface area (Å²) in [5.74, 6) is 0. The maximum atomic E-state index is 8.33. The van der Waals surface area contributed by atoms with Crippen LogP contribution >= 0.6 is 0 Å². The molecule has 32 valence electrons. The molecule has 0 aliphatic carbocycles. The van der Waals surface area contributed by atoms with Gasteiger partial charge in [-0.2, -0.15) is 0 Å². The zero-order chi connectivity index (χ0) is 3.58. The first-order valence-corrected chi connectivity index (χ1v) is 0.612. The number of carbonyl (C=O) groups excluding carboxylic acids is 1. The van der Waals surface area contributed by atoms with Gasteiger partial charge in [0, 0.05) is 0 Å². The molecule has 0 atom stereocenters. The average molecular weight is 170 g/mol. The van der Waals surface area contributed by atoms with Crippen LogP contribution in [0.5, 0.6) is 0 Å². The van der Waals surface area contributed by atoms with Crippen molar-refractivity contribution in [3.05, 3.63) is 0 Å². The van der Waals surface area contributed by atoms with Crippen LogP contribution in [0.25, 0.3) is 0 Å². The smallest absolute Gasteiger partial charge is 0.652 e.